The third kappa shape index (κ3) is 3.62. The summed E-state index contributed by atoms with van der Waals surface area (Å²) in [5.74, 6) is 0. The zero-order valence-corrected chi connectivity index (χ0v) is 21.5. The molecule has 0 radical (unpaired) electrons. The van der Waals surface area contributed by atoms with Gasteiger partial charge in [-0.25, -0.2) is 9.97 Å². The van der Waals surface area contributed by atoms with Gasteiger partial charge in [-0.1, -0.05) is 48.5 Å². The molecule has 4 nitrogen and oxygen atoms in total. The van der Waals surface area contributed by atoms with E-state index < -0.39 is 0 Å². The van der Waals surface area contributed by atoms with E-state index >= 15 is 0 Å². The van der Waals surface area contributed by atoms with Crippen molar-refractivity contribution in [2.75, 3.05) is 0 Å². The van der Waals surface area contributed by atoms with Gasteiger partial charge in [-0.05, 0) is 114 Å². The largest absolute Gasteiger partial charge is 0.265 e. The number of nitrogens with zero attached hydrogens (tertiary/aromatic N) is 4. The Morgan fingerprint density at radius 1 is 0.350 bits per heavy atom. The van der Waals surface area contributed by atoms with E-state index in [2.05, 4.69) is 111 Å². The summed E-state index contributed by atoms with van der Waals surface area (Å²) in [6, 6.07) is 33.0. The van der Waals surface area contributed by atoms with Gasteiger partial charge in [-0.2, -0.15) is 0 Å². The molecule has 0 saturated carbocycles. The molecule has 186 valence electrons. The summed E-state index contributed by atoms with van der Waals surface area (Å²) in [5, 5.41) is 7.48. The summed E-state index contributed by atoms with van der Waals surface area (Å²) < 4.78 is 0. The van der Waals surface area contributed by atoms with Crippen LogP contribution in [0.5, 0.6) is 0 Å². The minimum Gasteiger partial charge on any atom is -0.265 e. The second-order valence-electron chi connectivity index (χ2n) is 10.0. The van der Waals surface area contributed by atoms with Gasteiger partial charge in [0, 0.05) is 42.7 Å². The lowest BCUT2D eigenvalue weighted by Gasteiger charge is -2.17. The van der Waals surface area contributed by atoms with Crippen molar-refractivity contribution in [3.05, 3.63) is 135 Å². The highest BCUT2D eigenvalue weighted by molar-refractivity contribution is 6.27. The zero-order valence-electron chi connectivity index (χ0n) is 21.5. The highest BCUT2D eigenvalue weighted by Crippen LogP contribution is 2.43. The Kier molecular flexibility index (Phi) is 5.10. The Labute approximate surface area is 231 Å². The van der Waals surface area contributed by atoms with Crippen molar-refractivity contribution < 1.29 is 0 Å². The van der Waals surface area contributed by atoms with Crippen molar-refractivity contribution in [1.82, 2.24) is 19.9 Å². The third-order valence-electron chi connectivity index (χ3n) is 7.81. The van der Waals surface area contributed by atoms with Crippen molar-refractivity contribution in [2.45, 2.75) is 0 Å². The van der Waals surface area contributed by atoms with Gasteiger partial charge in [0.25, 0.3) is 0 Å². The van der Waals surface area contributed by atoms with E-state index in [1.54, 1.807) is 6.33 Å². The number of pyridine rings is 2. The summed E-state index contributed by atoms with van der Waals surface area (Å²) in [6.07, 6.45) is 12.7. The quantitative estimate of drug-likeness (QED) is 0.222. The van der Waals surface area contributed by atoms with Gasteiger partial charge in [0.15, 0.2) is 0 Å². The lowest BCUT2D eigenvalue weighted by Crippen LogP contribution is -1.91. The second kappa shape index (κ2) is 9.07. The maximum Gasteiger partial charge on any atom is 0.115 e. The van der Waals surface area contributed by atoms with Crippen molar-refractivity contribution in [1.29, 1.82) is 0 Å². The zero-order chi connectivity index (χ0) is 26.5. The molecule has 0 spiro atoms. The molecule has 8 rings (SSSR count). The van der Waals surface area contributed by atoms with E-state index in [-0.39, 0.29) is 0 Å². The fourth-order valence-electron chi connectivity index (χ4n) is 5.95. The number of hydrogen-bond acceptors (Lipinski definition) is 4. The van der Waals surface area contributed by atoms with Crippen LogP contribution < -0.4 is 0 Å². The smallest absolute Gasteiger partial charge is 0.115 e. The first-order valence-corrected chi connectivity index (χ1v) is 13.3. The van der Waals surface area contributed by atoms with Gasteiger partial charge in [0.05, 0.1) is 0 Å². The highest BCUT2D eigenvalue weighted by atomic mass is 14.8. The lowest BCUT2D eigenvalue weighted by molar-refractivity contribution is 1.17. The molecular formula is C36H22N4. The van der Waals surface area contributed by atoms with E-state index in [1.807, 2.05) is 37.2 Å². The summed E-state index contributed by atoms with van der Waals surface area (Å²) >= 11 is 0. The minimum atomic E-state index is 1.02. The molecule has 0 bridgehead atoms. The SMILES string of the molecule is c1cc(-c2cc(-c3ccncc3)cc(-c3ccc4ccc5ccc(-c6cncnc6)c6ccc3c4c56)c2)ccn1. The summed E-state index contributed by atoms with van der Waals surface area (Å²) in [7, 11) is 0. The number of benzene rings is 5. The Balaban J connectivity index is 1.42. The average molecular weight is 511 g/mol. The number of hydrogen-bond donors (Lipinski definition) is 0. The molecule has 5 aromatic carbocycles. The minimum absolute atomic E-state index is 1.02. The number of aromatic nitrogens is 4. The van der Waals surface area contributed by atoms with E-state index in [4.69, 9.17) is 0 Å². The van der Waals surface area contributed by atoms with Gasteiger partial charge in [0.2, 0.25) is 0 Å². The molecule has 4 heteroatoms. The Bertz CT molecular complexity index is 2080. The molecule has 3 aromatic heterocycles. The van der Waals surface area contributed by atoms with Crippen molar-refractivity contribution in [3.8, 4) is 44.5 Å². The first kappa shape index (κ1) is 22.5. The van der Waals surface area contributed by atoms with Crippen molar-refractivity contribution in [2.24, 2.45) is 0 Å². The van der Waals surface area contributed by atoms with Crippen LogP contribution in [-0.2, 0) is 0 Å². The van der Waals surface area contributed by atoms with Crippen LogP contribution in [0.25, 0.3) is 76.8 Å². The number of rotatable bonds is 4. The van der Waals surface area contributed by atoms with E-state index in [0.717, 1.165) is 33.4 Å². The molecule has 0 amide bonds. The molecule has 40 heavy (non-hydrogen) atoms. The van der Waals surface area contributed by atoms with Gasteiger partial charge in [-0.15, -0.1) is 0 Å². The monoisotopic (exact) mass is 510 g/mol. The van der Waals surface area contributed by atoms with Crippen LogP contribution in [0.15, 0.2) is 135 Å². The summed E-state index contributed by atoms with van der Waals surface area (Å²) in [5.41, 5.74) is 9.14. The van der Waals surface area contributed by atoms with Crippen molar-refractivity contribution >= 4 is 32.3 Å². The first-order valence-electron chi connectivity index (χ1n) is 13.3. The normalized spacial score (nSPS) is 11.5. The predicted octanol–water partition coefficient (Wildman–Crippen LogP) is 8.83. The van der Waals surface area contributed by atoms with Crippen LogP contribution in [0.3, 0.4) is 0 Å². The van der Waals surface area contributed by atoms with Crippen LogP contribution in [0.1, 0.15) is 0 Å². The highest BCUT2D eigenvalue weighted by Gasteiger charge is 2.16. The van der Waals surface area contributed by atoms with Crippen LogP contribution in [0.2, 0.25) is 0 Å². The second-order valence-corrected chi connectivity index (χ2v) is 10.0. The predicted molar refractivity (Wildman–Crippen MR) is 163 cm³/mol. The molecule has 0 unspecified atom stereocenters. The molecule has 0 saturated heterocycles. The standard InChI is InChI=1S/C36H22N4/c1-2-26-4-6-32(30-20-39-22-40-21-30)34-8-7-33-31(5-3-25(1)35(33)36(26)34)29-18-27(23-9-13-37-14-10-23)17-28(19-29)24-11-15-38-16-12-24/h1-22H. The molecule has 8 aromatic rings. The van der Waals surface area contributed by atoms with Crippen LogP contribution in [0.4, 0.5) is 0 Å². The average Bonchev–Trinajstić information content (AvgIpc) is 3.04. The Hall–Kier alpha value is -5.48. The molecule has 0 aliphatic heterocycles. The maximum atomic E-state index is 4.27. The lowest BCUT2D eigenvalue weighted by atomic mass is 9.86. The van der Waals surface area contributed by atoms with Crippen molar-refractivity contribution in [3.63, 3.8) is 0 Å². The Morgan fingerprint density at radius 2 is 0.800 bits per heavy atom. The fraction of sp³-hybridized carbons (Fsp3) is 0. The third-order valence-corrected chi connectivity index (χ3v) is 7.81. The van der Waals surface area contributed by atoms with Gasteiger partial charge < -0.3 is 0 Å². The van der Waals surface area contributed by atoms with Crippen LogP contribution >= 0.6 is 0 Å². The molecule has 0 aliphatic carbocycles. The molecule has 0 fully saturated rings. The molecule has 3 heterocycles. The van der Waals surface area contributed by atoms with E-state index in [1.165, 1.54) is 43.4 Å². The molecular weight excluding hydrogens is 488 g/mol. The first-order chi connectivity index (χ1) is 19.8. The van der Waals surface area contributed by atoms with E-state index in [0.29, 0.717) is 0 Å². The molecule has 0 aliphatic rings. The fourth-order valence-corrected chi connectivity index (χ4v) is 5.95. The summed E-state index contributed by atoms with van der Waals surface area (Å²) in [6.45, 7) is 0. The topological polar surface area (TPSA) is 51.6 Å². The van der Waals surface area contributed by atoms with Gasteiger partial charge >= 0.3 is 0 Å². The van der Waals surface area contributed by atoms with Crippen LogP contribution in [0, 0.1) is 0 Å². The van der Waals surface area contributed by atoms with Gasteiger partial charge in [-0.3, -0.25) is 9.97 Å². The maximum absolute atomic E-state index is 4.27. The molecule has 0 N–H and O–H groups in total. The summed E-state index contributed by atoms with van der Waals surface area (Å²) in [4.78, 5) is 17.0. The molecule has 0 atom stereocenters. The van der Waals surface area contributed by atoms with Gasteiger partial charge in [0.1, 0.15) is 6.33 Å². The Morgan fingerprint density at radius 3 is 1.32 bits per heavy atom. The van der Waals surface area contributed by atoms with E-state index in [9.17, 15) is 0 Å². The van der Waals surface area contributed by atoms with Crippen LogP contribution in [-0.4, -0.2) is 19.9 Å².